The lowest BCUT2D eigenvalue weighted by Crippen LogP contribution is -2.03. The van der Waals surface area contributed by atoms with Crippen molar-refractivity contribution in [2.24, 2.45) is 0 Å². The molecule has 0 saturated heterocycles. The Kier molecular flexibility index (Phi) is 2.72. The average molecular weight is 243 g/mol. The van der Waals surface area contributed by atoms with Gasteiger partial charge in [-0.25, -0.2) is 0 Å². The van der Waals surface area contributed by atoms with Crippen LogP contribution in [0.15, 0.2) is 12.4 Å². The highest BCUT2D eigenvalue weighted by molar-refractivity contribution is 9.09. The molecule has 0 bridgehead atoms. The van der Waals surface area contributed by atoms with Crippen molar-refractivity contribution in [1.29, 1.82) is 0 Å². The largest absolute Gasteiger partial charge is 0.273 e. The Morgan fingerprint density at radius 3 is 3.00 bits per heavy atom. The third-order valence-corrected chi connectivity index (χ3v) is 3.93. The third-order valence-electron chi connectivity index (χ3n) is 2.84. The van der Waals surface area contributed by atoms with Crippen LogP contribution in [0.25, 0.3) is 0 Å². The first-order valence-corrected chi connectivity index (χ1v) is 5.89. The van der Waals surface area contributed by atoms with Crippen LogP contribution < -0.4 is 0 Å². The molecular formula is C10H15BrN2. The maximum absolute atomic E-state index is 4.31. The molecule has 1 aromatic heterocycles. The van der Waals surface area contributed by atoms with Gasteiger partial charge in [0.2, 0.25) is 0 Å². The first kappa shape index (κ1) is 9.25. The summed E-state index contributed by atoms with van der Waals surface area (Å²) in [5, 5.41) is 4.31. The van der Waals surface area contributed by atoms with Crippen molar-refractivity contribution in [2.75, 3.05) is 0 Å². The quantitative estimate of drug-likeness (QED) is 0.730. The standard InChI is InChI=1S/C10H15BrN2/c1-2-13-7-8(6-12-13)9-4-3-5-10(9)11/h6-7,9-10H,2-5H2,1H3. The predicted molar refractivity (Wildman–Crippen MR) is 57.2 cm³/mol. The Morgan fingerprint density at radius 1 is 1.62 bits per heavy atom. The molecule has 3 heteroatoms. The van der Waals surface area contributed by atoms with E-state index in [9.17, 15) is 0 Å². The van der Waals surface area contributed by atoms with Crippen LogP contribution in [0.2, 0.25) is 0 Å². The van der Waals surface area contributed by atoms with Crippen LogP contribution in [0.4, 0.5) is 0 Å². The molecule has 0 N–H and O–H groups in total. The Morgan fingerprint density at radius 2 is 2.46 bits per heavy atom. The van der Waals surface area contributed by atoms with Crippen molar-refractivity contribution in [1.82, 2.24) is 9.78 Å². The van der Waals surface area contributed by atoms with Crippen LogP contribution in [-0.2, 0) is 6.54 Å². The van der Waals surface area contributed by atoms with Crippen LogP contribution in [0, 0.1) is 0 Å². The zero-order chi connectivity index (χ0) is 9.26. The van der Waals surface area contributed by atoms with E-state index in [-0.39, 0.29) is 0 Å². The highest BCUT2D eigenvalue weighted by Gasteiger charge is 2.27. The number of hydrogen-bond donors (Lipinski definition) is 0. The van der Waals surface area contributed by atoms with Crippen LogP contribution in [0.5, 0.6) is 0 Å². The van der Waals surface area contributed by atoms with Gasteiger partial charge in [0.05, 0.1) is 6.20 Å². The Hall–Kier alpha value is -0.310. The van der Waals surface area contributed by atoms with Crippen LogP contribution in [0.1, 0.15) is 37.7 Å². The minimum Gasteiger partial charge on any atom is -0.273 e. The Balaban J connectivity index is 2.15. The van der Waals surface area contributed by atoms with Crippen LogP contribution in [0.3, 0.4) is 0 Å². The van der Waals surface area contributed by atoms with E-state index in [2.05, 4.69) is 34.1 Å². The fourth-order valence-corrected chi connectivity index (χ4v) is 2.93. The average Bonchev–Trinajstić information content (AvgIpc) is 2.71. The van der Waals surface area contributed by atoms with Gasteiger partial charge in [-0.2, -0.15) is 5.10 Å². The zero-order valence-electron chi connectivity index (χ0n) is 7.91. The van der Waals surface area contributed by atoms with E-state index in [4.69, 9.17) is 0 Å². The second-order valence-electron chi connectivity index (χ2n) is 3.68. The molecule has 2 nitrogen and oxygen atoms in total. The molecule has 0 radical (unpaired) electrons. The summed E-state index contributed by atoms with van der Waals surface area (Å²) in [4.78, 5) is 0.669. The van der Waals surface area contributed by atoms with Crippen LogP contribution >= 0.6 is 15.9 Å². The highest BCUT2D eigenvalue weighted by atomic mass is 79.9. The molecular weight excluding hydrogens is 228 g/mol. The van der Waals surface area contributed by atoms with E-state index in [1.807, 2.05) is 10.9 Å². The van der Waals surface area contributed by atoms with E-state index in [1.54, 1.807) is 0 Å². The lowest BCUT2D eigenvalue weighted by molar-refractivity contribution is 0.656. The van der Waals surface area contributed by atoms with Crippen molar-refractivity contribution < 1.29 is 0 Å². The molecule has 72 valence electrons. The van der Waals surface area contributed by atoms with E-state index in [1.165, 1.54) is 24.8 Å². The maximum Gasteiger partial charge on any atom is 0.0524 e. The molecule has 0 spiro atoms. The van der Waals surface area contributed by atoms with Gasteiger partial charge in [-0.3, -0.25) is 4.68 Å². The monoisotopic (exact) mass is 242 g/mol. The third kappa shape index (κ3) is 1.80. The van der Waals surface area contributed by atoms with E-state index in [0.717, 1.165) is 6.54 Å². The van der Waals surface area contributed by atoms with Gasteiger partial charge in [0.25, 0.3) is 0 Å². The first-order chi connectivity index (χ1) is 6.31. The molecule has 0 amide bonds. The van der Waals surface area contributed by atoms with Gasteiger partial charge in [-0.15, -0.1) is 0 Å². The molecule has 1 saturated carbocycles. The van der Waals surface area contributed by atoms with Gasteiger partial charge in [-0.1, -0.05) is 22.4 Å². The van der Waals surface area contributed by atoms with Crippen molar-refractivity contribution in [3.63, 3.8) is 0 Å². The number of nitrogens with zero attached hydrogens (tertiary/aromatic N) is 2. The Labute approximate surface area is 87.5 Å². The van der Waals surface area contributed by atoms with Crippen LogP contribution in [-0.4, -0.2) is 14.6 Å². The molecule has 0 aromatic carbocycles. The summed E-state index contributed by atoms with van der Waals surface area (Å²) in [7, 11) is 0. The fourth-order valence-electron chi connectivity index (χ4n) is 2.03. The van der Waals surface area contributed by atoms with Crippen molar-refractivity contribution in [3.05, 3.63) is 18.0 Å². The summed E-state index contributed by atoms with van der Waals surface area (Å²) in [6.45, 7) is 3.09. The molecule has 1 fully saturated rings. The van der Waals surface area contributed by atoms with E-state index in [0.29, 0.717) is 10.7 Å². The number of rotatable bonds is 2. The summed E-state index contributed by atoms with van der Waals surface area (Å²) in [5.41, 5.74) is 1.40. The predicted octanol–water partition coefficient (Wildman–Crippen LogP) is 2.93. The molecule has 1 heterocycles. The molecule has 1 aliphatic rings. The molecule has 1 aliphatic carbocycles. The topological polar surface area (TPSA) is 17.8 Å². The van der Waals surface area contributed by atoms with Gasteiger partial charge in [-0.05, 0) is 31.2 Å². The molecule has 2 unspecified atom stereocenters. The maximum atomic E-state index is 4.31. The minimum atomic E-state index is 0.669. The molecule has 2 rings (SSSR count). The van der Waals surface area contributed by atoms with Gasteiger partial charge in [0.1, 0.15) is 0 Å². The fraction of sp³-hybridized carbons (Fsp3) is 0.700. The second kappa shape index (κ2) is 3.82. The molecule has 2 atom stereocenters. The Bertz CT molecular complexity index is 282. The van der Waals surface area contributed by atoms with Crippen molar-refractivity contribution >= 4 is 15.9 Å². The van der Waals surface area contributed by atoms with Gasteiger partial charge >= 0.3 is 0 Å². The van der Waals surface area contributed by atoms with Crippen molar-refractivity contribution in [3.8, 4) is 0 Å². The minimum absolute atomic E-state index is 0.669. The summed E-state index contributed by atoms with van der Waals surface area (Å²) < 4.78 is 2.01. The normalized spacial score (nSPS) is 28.2. The van der Waals surface area contributed by atoms with Gasteiger partial charge < -0.3 is 0 Å². The second-order valence-corrected chi connectivity index (χ2v) is 4.86. The number of aryl methyl sites for hydroxylation is 1. The number of alkyl halides is 1. The first-order valence-electron chi connectivity index (χ1n) is 4.97. The van der Waals surface area contributed by atoms with Gasteiger partial charge in [0, 0.05) is 17.6 Å². The smallest absolute Gasteiger partial charge is 0.0524 e. The van der Waals surface area contributed by atoms with E-state index < -0.39 is 0 Å². The molecule has 1 aromatic rings. The number of aromatic nitrogens is 2. The SMILES string of the molecule is CCn1cc(C2CCCC2Br)cn1. The van der Waals surface area contributed by atoms with E-state index >= 15 is 0 Å². The lowest BCUT2D eigenvalue weighted by atomic mass is 10.0. The zero-order valence-corrected chi connectivity index (χ0v) is 9.50. The number of hydrogen-bond acceptors (Lipinski definition) is 1. The summed E-state index contributed by atoms with van der Waals surface area (Å²) in [5.74, 6) is 0.695. The summed E-state index contributed by atoms with van der Waals surface area (Å²) in [6.07, 6.45) is 8.17. The molecule has 13 heavy (non-hydrogen) atoms. The summed E-state index contributed by atoms with van der Waals surface area (Å²) in [6, 6.07) is 0. The lowest BCUT2D eigenvalue weighted by Gasteiger charge is -2.10. The molecule has 0 aliphatic heterocycles. The van der Waals surface area contributed by atoms with Gasteiger partial charge in [0.15, 0.2) is 0 Å². The highest BCUT2D eigenvalue weighted by Crippen LogP contribution is 2.38. The van der Waals surface area contributed by atoms with Crippen molar-refractivity contribution in [2.45, 2.75) is 43.5 Å². The number of halogens is 1. The summed E-state index contributed by atoms with van der Waals surface area (Å²) >= 11 is 3.74.